The monoisotopic (exact) mass is 332 g/mol. The lowest BCUT2D eigenvalue weighted by Gasteiger charge is -2.14. The van der Waals surface area contributed by atoms with Gasteiger partial charge in [-0.25, -0.2) is 0 Å². The number of hydrogen-bond donors (Lipinski definition) is 0. The van der Waals surface area contributed by atoms with Crippen LogP contribution < -0.4 is 0 Å². The normalized spacial score (nSPS) is 20.5. The summed E-state index contributed by atoms with van der Waals surface area (Å²) in [7, 11) is 1.41. The molecule has 0 N–H and O–H groups in total. The Hall–Kier alpha value is -1.64. The van der Waals surface area contributed by atoms with Gasteiger partial charge in [-0.15, -0.1) is 0 Å². The van der Waals surface area contributed by atoms with Crippen LogP contribution in [0.2, 0.25) is 0 Å². The minimum absolute atomic E-state index is 0.0853. The second-order valence-electron chi connectivity index (χ2n) is 6.41. The van der Waals surface area contributed by atoms with E-state index in [4.69, 9.17) is 0 Å². The van der Waals surface area contributed by atoms with Gasteiger partial charge >= 0.3 is 5.97 Å². The predicted molar refractivity (Wildman–Crippen MR) is 98.7 cm³/mol. The van der Waals surface area contributed by atoms with Crippen LogP contribution in [0.25, 0.3) is 0 Å². The first-order valence-corrected chi connectivity index (χ1v) is 9.27. The van der Waals surface area contributed by atoms with Crippen LogP contribution in [0, 0.1) is 11.8 Å². The van der Waals surface area contributed by atoms with Crippen LogP contribution in [-0.2, 0) is 14.3 Å². The van der Waals surface area contributed by atoms with Crippen LogP contribution in [0.1, 0.15) is 64.7 Å². The fraction of sp³-hybridized carbons (Fsp3) is 0.619. The van der Waals surface area contributed by atoms with Crippen molar-refractivity contribution in [3.05, 3.63) is 36.5 Å². The van der Waals surface area contributed by atoms with E-state index >= 15 is 0 Å². The molecule has 1 aliphatic carbocycles. The van der Waals surface area contributed by atoms with Gasteiger partial charge in [0.25, 0.3) is 0 Å². The second kappa shape index (κ2) is 12.7. The molecule has 0 saturated heterocycles. The molecule has 3 nitrogen and oxygen atoms in total. The molecular formula is C21H32O3. The lowest BCUT2D eigenvalue weighted by atomic mass is 9.88. The Kier molecular flexibility index (Phi) is 10.8. The maximum atomic E-state index is 12.0. The van der Waals surface area contributed by atoms with Crippen molar-refractivity contribution < 1.29 is 14.3 Å². The molecule has 1 rings (SSSR count). The van der Waals surface area contributed by atoms with E-state index in [1.54, 1.807) is 6.08 Å². The number of rotatable bonds is 12. The third-order valence-corrected chi connectivity index (χ3v) is 4.48. The van der Waals surface area contributed by atoms with E-state index < -0.39 is 0 Å². The van der Waals surface area contributed by atoms with Crippen molar-refractivity contribution >= 4 is 11.8 Å². The Morgan fingerprint density at radius 1 is 1.08 bits per heavy atom. The van der Waals surface area contributed by atoms with E-state index in [1.807, 2.05) is 0 Å². The highest BCUT2D eigenvalue weighted by atomic mass is 16.5. The topological polar surface area (TPSA) is 43.4 Å². The first-order chi connectivity index (χ1) is 11.7. The molecule has 1 aliphatic rings. The summed E-state index contributed by atoms with van der Waals surface area (Å²) in [6.07, 6.45) is 21.2. The second-order valence-corrected chi connectivity index (χ2v) is 6.41. The minimum atomic E-state index is -0.163. The number of allylic oxidation sites excluding steroid dienone is 6. The quantitative estimate of drug-likeness (QED) is 0.281. The molecule has 3 heteroatoms. The molecule has 0 radical (unpaired) electrons. The molecule has 0 fully saturated rings. The first-order valence-electron chi connectivity index (χ1n) is 9.27. The first kappa shape index (κ1) is 20.4. The van der Waals surface area contributed by atoms with E-state index in [9.17, 15) is 9.59 Å². The molecule has 0 aromatic heterocycles. The molecule has 0 aliphatic heterocycles. The molecule has 0 amide bonds. The molecule has 0 bridgehead atoms. The Bertz CT molecular complexity index is 460. The Labute approximate surface area is 146 Å². The zero-order valence-corrected chi connectivity index (χ0v) is 15.2. The fourth-order valence-corrected chi connectivity index (χ4v) is 2.93. The van der Waals surface area contributed by atoms with Crippen LogP contribution in [-0.4, -0.2) is 18.9 Å². The molecular weight excluding hydrogens is 300 g/mol. The fourth-order valence-electron chi connectivity index (χ4n) is 2.93. The Morgan fingerprint density at radius 2 is 1.79 bits per heavy atom. The number of ketones is 1. The predicted octanol–water partition coefficient (Wildman–Crippen LogP) is 5.17. The van der Waals surface area contributed by atoms with Crippen LogP contribution in [0.15, 0.2) is 36.5 Å². The van der Waals surface area contributed by atoms with Crippen molar-refractivity contribution in [2.75, 3.05) is 7.11 Å². The zero-order chi connectivity index (χ0) is 17.6. The summed E-state index contributed by atoms with van der Waals surface area (Å²) in [5.41, 5.74) is 0. The molecule has 134 valence electrons. The van der Waals surface area contributed by atoms with E-state index in [-0.39, 0.29) is 17.7 Å². The lowest BCUT2D eigenvalue weighted by molar-refractivity contribution is -0.140. The highest BCUT2D eigenvalue weighted by molar-refractivity contribution is 5.94. The number of methoxy groups -OCH3 is 1. The van der Waals surface area contributed by atoms with Gasteiger partial charge in [0.1, 0.15) is 0 Å². The molecule has 24 heavy (non-hydrogen) atoms. The van der Waals surface area contributed by atoms with Crippen LogP contribution in [0.4, 0.5) is 0 Å². The summed E-state index contributed by atoms with van der Waals surface area (Å²) in [5.74, 6) is 0.504. The van der Waals surface area contributed by atoms with Gasteiger partial charge < -0.3 is 4.74 Å². The highest BCUT2D eigenvalue weighted by Gasteiger charge is 2.27. The van der Waals surface area contributed by atoms with Gasteiger partial charge in [0.2, 0.25) is 0 Å². The number of esters is 1. The van der Waals surface area contributed by atoms with Gasteiger partial charge in [-0.1, -0.05) is 50.1 Å². The van der Waals surface area contributed by atoms with Gasteiger partial charge in [-0.05, 0) is 50.5 Å². The third-order valence-electron chi connectivity index (χ3n) is 4.48. The van der Waals surface area contributed by atoms with Crippen molar-refractivity contribution in [1.29, 1.82) is 0 Å². The average Bonchev–Trinajstić information content (AvgIpc) is 2.94. The van der Waals surface area contributed by atoms with Crippen molar-refractivity contribution in [1.82, 2.24) is 0 Å². The van der Waals surface area contributed by atoms with Gasteiger partial charge in [-0.2, -0.15) is 0 Å². The molecule has 0 heterocycles. The van der Waals surface area contributed by atoms with Crippen molar-refractivity contribution in [3.63, 3.8) is 0 Å². The summed E-state index contributed by atoms with van der Waals surface area (Å²) in [5, 5.41) is 0. The molecule has 0 saturated carbocycles. The maximum absolute atomic E-state index is 12.0. The van der Waals surface area contributed by atoms with E-state index in [2.05, 4.69) is 42.0 Å². The summed E-state index contributed by atoms with van der Waals surface area (Å²) < 4.78 is 4.61. The largest absolute Gasteiger partial charge is 0.469 e. The number of unbranched alkanes of at least 4 members (excludes halogenated alkanes) is 4. The number of carbonyl (C=O) groups excluding carboxylic acids is 2. The summed E-state index contributed by atoms with van der Waals surface area (Å²) in [6, 6.07) is 0. The Balaban J connectivity index is 2.26. The standard InChI is InChI=1S/C21H32O3/c1-3-4-5-6-7-10-13-18-16-17-20(22)19(18)14-11-8-9-12-15-21(23)24-2/h7-8,10-11,16-19H,3-6,9,12-15H2,1-2H3/b10-7-,11-8+/t18-,19+/m0/s1. The van der Waals surface area contributed by atoms with E-state index in [0.717, 1.165) is 32.1 Å². The SMILES string of the molecule is CCCCC/C=C\C[C@H]1C=CC(=O)[C@@H]1C/C=C/CCCC(=O)OC. The molecule has 0 aromatic carbocycles. The lowest BCUT2D eigenvalue weighted by Crippen LogP contribution is -2.14. The van der Waals surface area contributed by atoms with Crippen LogP contribution in [0.5, 0.6) is 0 Å². The zero-order valence-electron chi connectivity index (χ0n) is 15.2. The van der Waals surface area contributed by atoms with Crippen molar-refractivity contribution in [2.24, 2.45) is 11.8 Å². The molecule has 0 unspecified atom stereocenters. The third kappa shape index (κ3) is 8.28. The minimum Gasteiger partial charge on any atom is -0.469 e. The summed E-state index contributed by atoms with van der Waals surface area (Å²) in [4.78, 5) is 23.0. The highest BCUT2D eigenvalue weighted by Crippen LogP contribution is 2.29. The van der Waals surface area contributed by atoms with E-state index in [1.165, 1.54) is 26.4 Å². The van der Waals surface area contributed by atoms with Gasteiger partial charge in [0.15, 0.2) is 5.78 Å². The number of ether oxygens (including phenoxy) is 1. The van der Waals surface area contributed by atoms with Crippen molar-refractivity contribution in [2.45, 2.75) is 64.7 Å². The van der Waals surface area contributed by atoms with Gasteiger partial charge in [-0.3, -0.25) is 9.59 Å². The summed E-state index contributed by atoms with van der Waals surface area (Å²) >= 11 is 0. The number of hydrogen-bond acceptors (Lipinski definition) is 3. The molecule has 0 aromatic rings. The molecule has 2 atom stereocenters. The summed E-state index contributed by atoms with van der Waals surface area (Å²) in [6.45, 7) is 2.21. The molecule has 0 spiro atoms. The van der Waals surface area contributed by atoms with E-state index in [0.29, 0.717) is 12.3 Å². The van der Waals surface area contributed by atoms with Crippen LogP contribution in [0.3, 0.4) is 0 Å². The number of carbonyl (C=O) groups is 2. The van der Waals surface area contributed by atoms with Gasteiger partial charge in [0, 0.05) is 12.3 Å². The average molecular weight is 332 g/mol. The van der Waals surface area contributed by atoms with Crippen molar-refractivity contribution in [3.8, 4) is 0 Å². The van der Waals surface area contributed by atoms with Crippen LogP contribution >= 0.6 is 0 Å². The smallest absolute Gasteiger partial charge is 0.305 e. The maximum Gasteiger partial charge on any atom is 0.305 e. The Morgan fingerprint density at radius 3 is 2.50 bits per heavy atom. The van der Waals surface area contributed by atoms with Gasteiger partial charge in [0.05, 0.1) is 7.11 Å².